The normalized spacial score (nSPS) is 12.4. The number of nitrogens with two attached hydrogens (primary N) is 2. The summed E-state index contributed by atoms with van der Waals surface area (Å²) < 4.78 is 11.9. The van der Waals surface area contributed by atoms with Crippen LogP contribution in [0, 0.1) is 0 Å². The van der Waals surface area contributed by atoms with E-state index in [1.54, 1.807) is 36.4 Å². The first-order chi connectivity index (χ1) is 9.04. The lowest BCUT2D eigenvalue weighted by molar-refractivity contribution is 0.319. The van der Waals surface area contributed by atoms with E-state index in [0.29, 0.717) is 11.1 Å². The number of benzene rings is 2. The Bertz CT molecular complexity index is 650. The Morgan fingerprint density at radius 1 is 1.00 bits per heavy atom. The second-order valence-corrected chi connectivity index (χ2v) is 5.94. The van der Waals surface area contributed by atoms with E-state index < -0.39 is 7.44 Å². The molecular formula is C13H14N3O2P. The lowest BCUT2D eigenvalue weighted by Gasteiger charge is -2.13. The molecule has 0 aliphatic carbocycles. The minimum Gasteiger partial charge on any atom is -0.410 e. The van der Waals surface area contributed by atoms with Crippen molar-refractivity contribution in [2.24, 2.45) is 16.2 Å². The van der Waals surface area contributed by atoms with Crippen LogP contribution in [0.3, 0.4) is 0 Å². The van der Waals surface area contributed by atoms with Crippen molar-refractivity contribution in [1.82, 2.24) is 0 Å². The van der Waals surface area contributed by atoms with Crippen LogP contribution in [0.25, 0.3) is 0 Å². The second kappa shape index (κ2) is 5.36. The standard InChI is InChI=1S/C13H14N3O2P/c14-19(15,18)12-9-5-4-8-11(12)13(16-17)10-6-2-1-3-7-10/h1-9,17H,(H4,14,15,18). The molecule has 0 spiro atoms. The molecule has 5 N–H and O–H groups in total. The first-order valence-electron chi connectivity index (χ1n) is 5.58. The van der Waals surface area contributed by atoms with Crippen molar-refractivity contribution in [2.75, 3.05) is 0 Å². The van der Waals surface area contributed by atoms with E-state index in [4.69, 9.17) is 11.0 Å². The summed E-state index contributed by atoms with van der Waals surface area (Å²) in [6.07, 6.45) is 0. The first kappa shape index (κ1) is 13.5. The quantitative estimate of drug-likeness (QED) is 0.343. The van der Waals surface area contributed by atoms with E-state index >= 15 is 0 Å². The van der Waals surface area contributed by atoms with Gasteiger partial charge in [-0.15, -0.1) is 0 Å². The maximum atomic E-state index is 11.9. The average molecular weight is 275 g/mol. The van der Waals surface area contributed by atoms with Crippen LogP contribution in [0.15, 0.2) is 59.8 Å². The zero-order chi connectivity index (χ0) is 13.9. The third-order valence-corrected chi connectivity index (χ3v) is 3.83. The lowest BCUT2D eigenvalue weighted by atomic mass is 10.0. The fraction of sp³-hybridized carbons (Fsp3) is 0. The smallest absolute Gasteiger partial charge is 0.236 e. The Morgan fingerprint density at radius 2 is 1.58 bits per heavy atom. The molecule has 0 heterocycles. The predicted molar refractivity (Wildman–Crippen MR) is 75.9 cm³/mol. The highest BCUT2D eigenvalue weighted by molar-refractivity contribution is 7.67. The van der Waals surface area contributed by atoms with Crippen LogP contribution < -0.4 is 16.3 Å². The minimum atomic E-state index is -3.44. The molecular weight excluding hydrogens is 261 g/mol. The summed E-state index contributed by atoms with van der Waals surface area (Å²) >= 11 is 0. The molecule has 2 aromatic carbocycles. The molecule has 0 aromatic heterocycles. The molecule has 0 fully saturated rings. The van der Waals surface area contributed by atoms with Gasteiger partial charge >= 0.3 is 0 Å². The van der Waals surface area contributed by atoms with E-state index in [9.17, 15) is 9.77 Å². The third-order valence-electron chi connectivity index (χ3n) is 2.68. The molecule has 19 heavy (non-hydrogen) atoms. The van der Waals surface area contributed by atoms with Crippen LogP contribution >= 0.6 is 7.44 Å². The van der Waals surface area contributed by atoms with Crippen molar-refractivity contribution in [3.05, 3.63) is 65.7 Å². The highest BCUT2D eigenvalue weighted by Gasteiger charge is 2.21. The molecule has 6 heteroatoms. The molecule has 0 aliphatic rings. The Kier molecular flexibility index (Phi) is 3.81. The zero-order valence-electron chi connectivity index (χ0n) is 10.1. The lowest BCUT2D eigenvalue weighted by Crippen LogP contribution is -2.25. The number of nitrogens with zero attached hydrogens (tertiary/aromatic N) is 1. The summed E-state index contributed by atoms with van der Waals surface area (Å²) in [6, 6.07) is 15.7. The van der Waals surface area contributed by atoms with Crippen LogP contribution in [0.1, 0.15) is 11.1 Å². The van der Waals surface area contributed by atoms with Gasteiger partial charge in [0.1, 0.15) is 5.71 Å². The van der Waals surface area contributed by atoms with Crippen molar-refractivity contribution < 1.29 is 9.77 Å². The van der Waals surface area contributed by atoms with Gasteiger partial charge in [-0.25, -0.2) is 0 Å². The molecule has 0 aliphatic heterocycles. The second-order valence-electron chi connectivity index (χ2n) is 4.04. The Balaban J connectivity index is 2.62. The largest absolute Gasteiger partial charge is 0.410 e. The van der Waals surface area contributed by atoms with Gasteiger partial charge in [-0.2, -0.15) is 0 Å². The van der Waals surface area contributed by atoms with E-state index in [2.05, 4.69) is 5.16 Å². The summed E-state index contributed by atoms with van der Waals surface area (Å²) in [4.78, 5) is 0. The maximum Gasteiger partial charge on any atom is 0.236 e. The summed E-state index contributed by atoms with van der Waals surface area (Å²) in [5.41, 5.74) is 12.5. The number of hydrogen-bond donors (Lipinski definition) is 3. The van der Waals surface area contributed by atoms with Gasteiger partial charge in [0.15, 0.2) is 0 Å². The van der Waals surface area contributed by atoms with Crippen molar-refractivity contribution in [3.8, 4) is 0 Å². The third kappa shape index (κ3) is 2.90. The zero-order valence-corrected chi connectivity index (χ0v) is 11.0. The molecule has 98 valence electrons. The summed E-state index contributed by atoms with van der Waals surface area (Å²) in [7, 11) is -3.44. The topological polar surface area (TPSA) is 102 Å². The van der Waals surface area contributed by atoms with Gasteiger partial charge in [0.05, 0.1) is 0 Å². The fourth-order valence-corrected chi connectivity index (χ4v) is 2.72. The van der Waals surface area contributed by atoms with Gasteiger partial charge in [-0.3, -0.25) is 15.6 Å². The molecule has 2 rings (SSSR count). The molecule has 5 nitrogen and oxygen atoms in total. The maximum absolute atomic E-state index is 11.9. The van der Waals surface area contributed by atoms with Gasteiger partial charge < -0.3 is 5.21 Å². The SMILES string of the molecule is NP(N)(=O)c1ccccc1C(=NO)c1ccccc1. The molecule has 2 aromatic rings. The first-order valence-corrected chi connectivity index (χ1v) is 7.43. The Morgan fingerprint density at radius 3 is 2.16 bits per heavy atom. The Hall–Kier alpha value is -1.94. The molecule has 0 bridgehead atoms. The number of rotatable bonds is 3. The van der Waals surface area contributed by atoms with Crippen molar-refractivity contribution in [1.29, 1.82) is 0 Å². The molecule has 0 radical (unpaired) electrons. The molecule has 0 amide bonds. The number of oxime groups is 1. The Labute approximate surface area is 111 Å². The van der Waals surface area contributed by atoms with Crippen LogP contribution in [-0.4, -0.2) is 10.9 Å². The molecule has 0 saturated carbocycles. The van der Waals surface area contributed by atoms with Gasteiger partial charge in [-0.05, 0) is 6.07 Å². The molecule has 0 saturated heterocycles. The van der Waals surface area contributed by atoms with E-state index in [-0.39, 0.29) is 11.0 Å². The van der Waals surface area contributed by atoms with E-state index in [1.807, 2.05) is 18.2 Å². The van der Waals surface area contributed by atoms with E-state index in [0.717, 1.165) is 0 Å². The monoisotopic (exact) mass is 275 g/mol. The van der Waals surface area contributed by atoms with Crippen LogP contribution in [0.5, 0.6) is 0 Å². The van der Waals surface area contributed by atoms with E-state index in [1.165, 1.54) is 0 Å². The molecule has 0 atom stereocenters. The van der Waals surface area contributed by atoms with Gasteiger partial charge in [0.2, 0.25) is 7.44 Å². The predicted octanol–water partition coefficient (Wildman–Crippen LogP) is 1.65. The summed E-state index contributed by atoms with van der Waals surface area (Å²) in [6.45, 7) is 0. The summed E-state index contributed by atoms with van der Waals surface area (Å²) in [5, 5.41) is 12.8. The minimum absolute atomic E-state index is 0.284. The highest BCUT2D eigenvalue weighted by atomic mass is 31.2. The van der Waals surface area contributed by atoms with Gasteiger partial charge in [-0.1, -0.05) is 53.7 Å². The van der Waals surface area contributed by atoms with Crippen LogP contribution in [0.4, 0.5) is 0 Å². The fourth-order valence-electron chi connectivity index (χ4n) is 1.84. The van der Waals surface area contributed by atoms with Gasteiger partial charge in [0.25, 0.3) is 0 Å². The summed E-state index contributed by atoms with van der Waals surface area (Å²) in [5.74, 6) is 0. The average Bonchev–Trinajstić information content (AvgIpc) is 2.40. The van der Waals surface area contributed by atoms with Crippen molar-refractivity contribution in [2.45, 2.75) is 0 Å². The van der Waals surface area contributed by atoms with Gasteiger partial charge in [0, 0.05) is 16.4 Å². The number of hydrogen-bond acceptors (Lipinski definition) is 3. The highest BCUT2D eigenvalue weighted by Crippen LogP contribution is 2.27. The van der Waals surface area contributed by atoms with Crippen LogP contribution in [-0.2, 0) is 4.57 Å². The van der Waals surface area contributed by atoms with Crippen LogP contribution in [0.2, 0.25) is 0 Å². The van der Waals surface area contributed by atoms with Crippen molar-refractivity contribution >= 4 is 18.5 Å². The molecule has 0 unspecified atom stereocenters. The van der Waals surface area contributed by atoms with Crippen molar-refractivity contribution in [3.63, 3.8) is 0 Å².